The molecule has 1 heterocycles. The molecule has 4 fully saturated rings. The minimum Gasteiger partial charge on any atom is -0.496 e. The van der Waals surface area contributed by atoms with Gasteiger partial charge in [0.15, 0.2) is 0 Å². The zero-order valence-electron chi connectivity index (χ0n) is 31.9. The standard InChI is InChI=1S/C42H55ClN4O6/c1-24-34-20-30(42(34,3)4)21-35(24)45-41(51)38-37(25(2)49)36(23-48)53-47(38)22-27-9-8-10-33(39(27)52-7)28-17-29(19-32(18-28)46(5)6)40(50)44-16-15-26-11-13-31(43)14-12-26/h8-14,17-19,24-25,30,34-38,48-49H,15-16,20-23H2,1-7H3,(H,44,50)(H,45,51)/t24-,25-,30+,34-,35-,36-,37+,38-/m0/s1. The smallest absolute Gasteiger partial charge is 0.251 e. The van der Waals surface area contributed by atoms with E-state index in [0.717, 1.165) is 34.4 Å². The van der Waals surface area contributed by atoms with Crippen LogP contribution in [0.5, 0.6) is 5.75 Å². The number of carbonyl (C=O) groups excluding carboxylic acids is 2. The predicted octanol–water partition coefficient (Wildman–Crippen LogP) is 5.71. The second kappa shape index (κ2) is 16.0. The molecule has 0 spiro atoms. The lowest BCUT2D eigenvalue weighted by Crippen LogP contribution is -2.62. The van der Waals surface area contributed by atoms with Crippen molar-refractivity contribution in [2.24, 2.45) is 29.1 Å². The first-order valence-corrected chi connectivity index (χ1v) is 19.1. The Hall–Kier alpha value is -3.67. The van der Waals surface area contributed by atoms with Crippen LogP contribution in [-0.4, -0.2) is 85.7 Å². The molecule has 0 unspecified atom stereocenters. The summed E-state index contributed by atoms with van der Waals surface area (Å²) in [7, 11) is 5.46. The van der Waals surface area contributed by atoms with E-state index in [1.54, 1.807) is 19.1 Å². The lowest BCUT2D eigenvalue weighted by molar-refractivity contribution is -0.183. The number of amides is 2. The van der Waals surface area contributed by atoms with Crippen LogP contribution in [0.4, 0.5) is 5.69 Å². The van der Waals surface area contributed by atoms with Crippen molar-refractivity contribution in [1.82, 2.24) is 15.7 Å². The number of rotatable bonds is 13. The monoisotopic (exact) mass is 746 g/mol. The average molecular weight is 747 g/mol. The summed E-state index contributed by atoms with van der Waals surface area (Å²) in [5, 5.41) is 29.9. The molecule has 2 bridgehead atoms. The summed E-state index contributed by atoms with van der Waals surface area (Å²) < 4.78 is 6.05. The molecule has 4 N–H and O–H groups in total. The third kappa shape index (κ3) is 7.94. The van der Waals surface area contributed by atoms with Gasteiger partial charge in [-0.05, 0) is 90.8 Å². The third-order valence-corrected chi connectivity index (χ3v) is 12.6. The van der Waals surface area contributed by atoms with E-state index >= 15 is 0 Å². The maximum Gasteiger partial charge on any atom is 0.251 e. The van der Waals surface area contributed by atoms with E-state index in [1.807, 2.05) is 79.7 Å². The largest absolute Gasteiger partial charge is 0.496 e. The van der Waals surface area contributed by atoms with Gasteiger partial charge in [-0.25, -0.2) is 0 Å². The topological polar surface area (TPSA) is 124 Å². The summed E-state index contributed by atoms with van der Waals surface area (Å²) in [6, 6.07) is 18.3. The molecule has 3 aromatic carbocycles. The van der Waals surface area contributed by atoms with Crippen LogP contribution in [0.2, 0.25) is 5.02 Å². The summed E-state index contributed by atoms with van der Waals surface area (Å²) in [5.74, 6) is 0.995. The molecule has 7 rings (SSSR count). The van der Waals surface area contributed by atoms with Gasteiger partial charge in [0.2, 0.25) is 5.91 Å². The van der Waals surface area contributed by atoms with E-state index in [-0.39, 0.29) is 36.4 Å². The van der Waals surface area contributed by atoms with Gasteiger partial charge < -0.3 is 30.5 Å². The number of para-hydroxylation sites is 1. The first-order chi connectivity index (χ1) is 25.2. The Morgan fingerprint density at radius 1 is 1.11 bits per heavy atom. The number of benzene rings is 3. The van der Waals surface area contributed by atoms with Crippen LogP contribution in [0.1, 0.15) is 62.0 Å². The van der Waals surface area contributed by atoms with Crippen molar-refractivity contribution < 1.29 is 29.4 Å². The number of ether oxygens (including phenoxy) is 1. The van der Waals surface area contributed by atoms with Crippen molar-refractivity contribution in [3.05, 3.63) is 82.4 Å². The molecule has 0 radical (unpaired) electrons. The molecular formula is C42H55ClN4O6. The maximum absolute atomic E-state index is 14.2. The van der Waals surface area contributed by atoms with E-state index < -0.39 is 24.2 Å². The number of nitrogens with zero attached hydrogens (tertiary/aromatic N) is 2. The van der Waals surface area contributed by atoms with E-state index in [1.165, 1.54) is 6.42 Å². The fourth-order valence-corrected chi connectivity index (χ4v) is 9.19. The molecule has 3 aromatic rings. The Bertz CT molecular complexity index is 1780. The van der Waals surface area contributed by atoms with Crippen LogP contribution in [0, 0.1) is 29.1 Å². The van der Waals surface area contributed by atoms with Gasteiger partial charge in [0.05, 0.1) is 26.4 Å². The van der Waals surface area contributed by atoms with Gasteiger partial charge >= 0.3 is 0 Å². The quantitative estimate of drug-likeness (QED) is 0.175. The van der Waals surface area contributed by atoms with Gasteiger partial charge in [0.1, 0.15) is 17.9 Å². The maximum atomic E-state index is 14.2. The highest BCUT2D eigenvalue weighted by atomic mass is 35.5. The van der Waals surface area contributed by atoms with Gasteiger partial charge in [0, 0.05) is 60.0 Å². The molecule has 1 aliphatic heterocycles. The number of halogens is 1. The predicted molar refractivity (Wildman–Crippen MR) is 208 cm³/mol. The highest BCUT2D eigenvalue weighted by Crippen LogP contribution is 2.61. The Morgan fingerprint density at radius 2 is 1.85 bits per heavy atom. The molecule has 1 saturated heterocycles. The Kier molecular flexibility index (Phi) is 11.8. The molecule has 2 amide bonds. The van der Waals surface area contributed by atoms with Crippen molar-refractivity contribution in [2.45, 2.75) is 77.8 Å². The fraction of sp³-hybridized carbons (Fsp3) is 0.524. The first-order valence-electron chi connectivity index (χ1n) is 18.8. The number of hydrogen-bond acceptors (Lipinski definition) is 8. The van der Waals surface area contributed by atoms with Crippen molar-refractivity contribution in [2.75, 3.05) is 39.3 Å². The summed E-state index contributed by atoms with van der Waals surface area (Å²) in [6.07, 6.45) is 1.14. The van der Waals surface area contributed by atoms with Crippen LogP contribution in [0.25, 0.3) is 11.1 Å². The summed E-state index contributed by atoms with van der Waals surface area (Å²) >= 11 is 6.03. The average Bonchev–Trinajstić information content (AvgIpc) is 3.51. The van der Waals surface area contributed by atoms with E-state index in [9.17, 15) is 19.8 Å². The number of hydrogen-bond donors (Lipinski definition) is 4. The molecule has 10 nitrogen and oxygen atoms in total. The molecule has 3 saturated carbocycles. The number of methoxy groups -OCH3 is 1. The number of anilines is 1. The van der Waals surface area contributed by atoms with Crippen molar-refractivity contribution in [3.63, 3.8) is 0 Å². The minimum atomic E-state index is -0.901. The van der Waals surface area contributed by atoms with Gasteiger partial charge in [-0.1, -0.05) is 62.7 Å². The molecule has 3 aliphatic carbocycles. The number of fused-ring (bicyclic) bond motifs is 2. The highest BCUT2D eigenvalue weighted by molar-refractivity contribution is 6.30. The van der Waals surface area contributed by atoms with Crippen molar-refractivity contribution >= 4 is 29.1 Å². The zero-order chi connectivity index (χ0) is 38.2. The number of aliphatic hydroxyl groups is 2. The lowest BCUT2D eigenvalue weighted by Gasteiger charge is -2.62. The minimum absolute atomic E-state index is 0.0367. The van der Waals surface area contributed by atoms with Gasteiger partial charge in [0.25, 0.3) is 5.91 Å². The Balaban J connectivity index is 1.25. The number of nitrogens with one attached hydrogen (secondary N) is 2. The van der Waals surface area contributed by atoms with Crippen LogP contribution in [0.3, 0.4) is 0 Å². The van der Waals surface area contributed by atoms with E-state index in [0.29, 0.717) is 47.1 Å². The molecule has 11 heteroatoms. The molecular weight excluding hydrogens is 692 g/mol. The van der Waals surface area contributed by atoms with E-state index in [4.69, 9.17) is 21.2 Å². The second-order valence-corrected chi connectivity index (χ2v) is 16.5. The SMILES string of the molecule is COc1c(CN2O[C@@H](CO)[C@@H]([C@H](C)O)[C@H]2C(=O)N[C@H]2C[C@H]3C[C@@H]([C@@H]2C)C3(C)C)cccc1-c1cc(C(=O)NCCc2ccc(Cl)cc2)cc(N(C)C)c1. The highest BCUT2D eigenvalue weighted by Gasteiger charge is 2.57. The van der Waals surface area contributed by atoms with E-state index in [2.05, 4.69) is 31.4 Å². The van der Waals surface area contributed by atoms with Crippen LogP contribution in [-0.2, 0) is 22.6 Å². The van der Waals surface area contributed by atoms with Crippen molar-refractivity contribution in [1.29, 1.82) is 0 Å². The second-order valence-electron chi connectivity index (χ2n) is 16.0. The summed E-state index contributed by atoms with van der Waals surface area (Å²) in [4.78, 5) is 35.9. The van der Waals surface area contributed by atoms with Crippen LogP contribution in [0.15, 0.2) is 60.7 Å². The van der Waals surface area contributed by atoms with Gasteiger partial charge in [-0.3, -0.25) is 14.4 Å². The zero-order valence-corrected chi connectivity index (χ0v) is 32.7. The third-order valence-electron chi connectivity index (χ3n) is 12.3. The van der Waals surface area contributed by atoms with Gasteiger partial charge in [-0.2, -0.15) is 5.06 Å². The molecule has 286 valence electrons. The number of aliphatic hydroxyl groups excluding tert-OH is 2. The Morgan fingerprint density at radius 3 is 2.47 bits per heavy atom. The van der Waals surface area contributed by atoms with Crippen molar-refractivity contribution in [3.8, 4) is 16.9 Å². The van der Waals surface area contributed by atoms with Crippen LogP contribution >= 0.6 is 11.6 Å². The molecule has 8 atom stereocenters. The summed E-state index contributed by atoms with van der Waals surface area (Å²) in [6.45, 7) is 8.83. The fourth-order valence-electron chi connectivity index (χ4n) is 9.06. The summed E-state index contributed by atoms with van der Waals surface area (Å²) in [5.41, 5.74) is 5.03. The Labute approximate surface area is 318 Å². The molecule has 4 aliphatic rings. The first kappa shape index (κ1) is 39.0. The normalized spacial score (nSPS) is 26.7. The van der Waals surface area contributed by atoms with Gasteiger partial charge in [-0.15, -0.1) is 0 Å². The number of carbonyl (C=O) groups is 2. The number of hydroxylamine groups is 2. The molecule has 0 aromatic heterocycles. The lowest BCUT2D eigenvalue weighted by atomic mass is 9.45. The van der Waals surface area contributed by atoms with Crippen LogP contribution < -0.4 is 20.3 Å². The molecule has 53 heavy (non-hydrogen) atoms.